The van der Waals surface area contributed by atoms with Gasteiger partial charge < -0.3 is 15.0 Å². The van der Waals surface area contributed by atoms with Crippen LogP contribution in [0.25, 0.3) is 10.2 Å². The van der Waals surface area contributed by atoms with Gasteiger partial charge in [0.25, 0.3) is 5.91 Å². The van der Waals surface area contributed by atoms with Crippen molar-refractivity contribution < 1.29 is 14.4 Å². The average Bonchev–Trinajstić information content (AvgIpc) is 3.16. The lowest BCUT2D eigenvalue weighted by Gasteiger charge is -2.28. The van der Waals surface area contributed by atoms with Crippen molar-refractivity contribution >= 4 is 27.5 Å². The molecule has 0 spiro atoms. The number of piperidine rings is 1. The Morgan fingerprint density at radius 2 is 2.17 bits per heavy atom. The standard InChI is InChI=1S/C23H27N3O2S/c1-17-6-4-8-19(14-17)28-13-11-24-22(27)16-26-12-5-7-18(15-26)23-25-20-9-2-3-10-21(20)29-23/h2-4,6,8-10,14,18H,5,7,11-13,15-16H2,1H3,(H,24,27)/p+1/t18-/m1/s1. The maximum atomic E-state index is 12.4. The normalized spacial score (nSPS) is 19.2. The Kier molecular flexibility index (Phi) is 6.42. The fourth-order valence-electron chi connectivity index (χ4n) is 3.94. The van der Waals surface area contributed by atoms with E-state index in [4.69, 9.17) is 9.72 Å². The topological polar surface area (TPSA) is 55.7 Å². The number of fused-ring (bicyclic) bond motifs is 1. The molecule has 1 aromatic heterocycles. The Labute approximate surface area is 175 Å². The SMILES string of the molecule is Cc1cccc(OCCNC(=O)C[NH+]2CCC[C@@H](c3nc4ccccc4s3)C2)c1. The minimum Gasteiger partial charge on any atom is -0.492 e. The van der Waals surface area contributed by atoms with Gasteiger partial charge in [-0.3, -0.25) is 4.79 Å². The Morgan fingerprint density at radius 1 is 1.28 bits per heavy atom. The number of nitrogens with one attached hydrogen (secondary N) is 2. The summed E-state index contributed by atoms with van der Waals surface area (Å²) < 4.78 is 6.95. The van der Waals surface area contributed by atoms with Crippen LogP contribution in [0.15, 0.2) is 48.5 Å². The first kappa shape index (κ1) is 19.9. The van der Waals surface area contributed by atoms with E-state index in [9.17, 15) is 4.79 Å². The van der Waals surface area contributed by atoms with E-state index in [2.05, 4.69) is 23.5 Å². The van der Waals surface area contributed by atoms with E-state index in [-0.39, 0.29) is 5.91 Å². The second-order valence-electron chi connectivity index (χ2n) is 7.75. The highest BCUT2D eigenvalue weighted by Gasteiger charge is 2.28. The van der Waals surface area contributed by atoms with Crippen molar-refractivity contribution in [2.45, 2.75) is 25.7 Å². The van der Waals surface area contributed by atoms with Crippen molar-refractivity contribution in [3.8, 4) is 5.75 Å². The van der Waals surface area contributed by atoms with Gasteiger partial charge in [0.05, 0.1) is 35.8 Å². The molecule has 2 N–H and O–H groups in total. The molecule has 1 unspecified atom stereocenters. The molecule has 2 atom stereocenters. The molecular formula is C23H28N3O2S+. The summed E-state index contributed by atoms with van der Waals surface area (Å²) in [5.74, 6) is 1.39. The number of likely N-dealkylation sites (tertiary alicyclic amines) is 1. The predicted octanol–water partition coefficient (Wildman–Crippen LogP) is 2.56. The minimum atomic E-state index is 0.0952. The van der Waals surface area contributed by atoms with Gasteiger partial charge in [-0.2, -0.15) is 0 Å². The monoisotopic (exact) mass is 410 g/mol. The summed E-state index contributed by atoms with van der Waals surface area (Å²) in [6, 6.07) is 16.3. The van der Waals surface area contributed by atoms with Crippen LogP contribution in [-0.4, -0.2) is 43.7 Å². The van der Waals surface area contributed by atoms with Crippen molar-refractivity contribution in [2.24, 2.45) is 0 Å². The van der Waals surface area contributed by atoms with Crippen LogP contribution in [0.3, 0.4) is 0 Å². The van der Waals surface area contributed by atoms with E-state index in [0.29, 0.717) is 25.6 Å². The third-order valence-corrected chi connectivity index (χ3v) is 6.57. The van der Waals surface area contributed by atoms with E-state index in [1.165, 1.54) is 20.2 Å². The van der Waals surface area contributed by atoms with E-state index >= 15 is 0 Å². The Bertz CT molecular complexity index is 938. The number of ether oxygens (including phenoxy) is 1. The van der Waals surface area contributed by atoms with E-state index in [0.717, 1.165) is 37.2 Å². The molecule has 6 heteroatoms. The molecule has 1 aliphatic rings. The van der Waals surface area contributed by atoms with Crippen molar-refractivity contribution in [1.82, 2.24) is 10.3 Å². The number of amides is 1. The number of benzene rings is 2. The highest BCUT2D eigenvalue weighted by Crippen LogP contribution is 2.30. The first-order valence-electron chi connectivity index (χ1n) is 10.3. The van der Waals surface area contributed by atoms with Crippen LogP contribution in [0.2, 0.25) is 0 Å². The molecule has 4 rings (SSSR count). The summed E-state index contributed by atoms with van der Waals surface area (Å²) in [5.41, 5.74) is 2.26. The molecule has 2 heterocycles. The minimum absolute atomic E-state index is 0.0952. The summed E-state index contributed by atoms with van der Waals surface area (Å²) in [5, 5.41) is 4.21. The van der Waals surface area contributed by atoms with Gasteiger partial charge in [-0.15, -0.1) is 11.3 Å². The number of rotatable bonds is 7. The molecule has 0 aliphatic carbocycles. The molecule has 29 heavy (non-hydrogen) atoms. The van der Waals surface area contributed by atoms with Gasteiger partial charge in [-0.1, -0.05) is 24.3 Å². The molecule has 1 fully saturated rings. The van der Waals surface area contributed by atoms with Crippen molar-refractivity contribution in [2.75, 3.05) is 32.8 Å². The lowest BCUT2D eigenvalue weighted by Crippen LogP contribution is -3.14. The molecule has 0 bridgehead atoms. The van der Waals surface area contributed by atoms with Gasteiger partial charge in [0.1, 0.15) is 17.4 Å². The number of aromatic nitrogens is 1. The van der Waals surface area contributed by atoms with Gasteiger partial charge in [0.2, 0.25) is 0 Å². The lowest BCUT2D eigenvalue weighted by atomic mass is 9.99. The molecule has 2 aromatic carbocycles. The number of quaternary nitrogens is 1. The molecule has 5 nitrogen and oxygen atoms in total. The van der Waals surface area contributed by atoms with Gasteiger partial charge >= 0.3 is 0 Å². The third-order valence-electron chi connectivity index (χ3n) is 5.37. The number of hydrogen-bond donors (Lipinski definition) is 2. The summed E-state index contributed by atoms with van der Waals surface area (Å²) in [7, 11) is 0. The first-order chi connectivity index (χ1) is 14.2. The van der Waals surface area contributed by atoms with Gasteiger partial charge in [-0.25, -0.2) is 4.98 Å². The number of para-hydroxylation sites is 1. The van der Waals surface area contributed by atoms with Crippen LogP contribution in [0, 0.1) is 6.92 Å². The fraction of sp³-hybridized carbons (Fsp3) is 0.391. The largest absolute Gasteiger partial charge is 0.492 e. The van der Waals surface area contributed by atoms with Crippen LogP contribution in [0.5, 0.6) is 5.75 Å². The van der Waals surface area contributed by atoms with Crippen LogP contribution in [0.4, 0.5) is 0 Å². The number of carbonyl (C=O) groups is 1. The second-order valence-corrected chi connectivity index (χ2v) is 8.82. The van der Waals surface area contributed by atoms with Crippen molar-refractivity contribution in [1.29, 1.82) is 0 Å². The molecule has 1 saturated heterocycles. The van der Waals surface area contributed by atoms with Crippen molar-refractivity contribution in [3.63, 3.8) is 0 Å². The second kappa shape index (κ2) is 9.37. The van der Waals surface area contributed by atoms with Gasteiger partial charge in [0.15, 0.2) is 6.54 Å². The van der Waals surface area contributed by atoms with Crippen molar-refractivity contribution in [3.05, 3.63) is 59.1 Å². The van der Waals surface area contributed by atoms with Crippen LogP contribution >= 0.6 is 11.3 Å². The summed E-state index contributed by atoms with van der Waals surface area (Å²) in [6.45, 7) is 5.60. The van der Waals surface area contributed by atoms with Gasteiger partial charge in [-0.05, 0) is 49.6 Å². The quantitative estimate of drug-likeness (QED) is 0.589. The highest BCUT2D eigenvalue weighted by atomic mass is 32.1. The predicted molar refractivity (Wildman–Crippen MR) is 117 cm³/mol. The third kappa shape index (κ3) is 5.34. The molecule has 0 radical (unpaired) electrons. The van der Waals surface area contributed by atoms with E-state index < -0.39 is 0 Å². The number of carbonyl (C=O) groups excluding carboxylic acids is 1. The number of thiazole rings is 1. The molecular weight excluding hydrogens is 382 g/mol. The number of nitrogens with zero attached hydrogens (tertiary/aromatic N) is 1. The van der Waals surface area contributed by atoms with Crippen LogP contribution < -0.4 is 15.0 Å². The molecule has 0 saturated carbocycles. The average molecular weight is 411 g/mol. The summed E-state index contributed by atoms with van der Waals surface area (Å²) in [4.78, 5) is 18.5. The first-order valence-corrected chi connectivity index (χ1v) is 11.1. The maximum Gasteiger partial charge on any atom is 0.275 e. The Morgan fingerprint density at radius 3 is 3.03 bits per heavy atom. The summed E-state index contributed by atoms with van der Waals surface area (Å²) >= 11 is 1.80. The van der Waals surface area contributed by atoms with Crippen LogP contribution in [-0.2, 0) is 4.79 Å². The Hall–Kier alpha value is -2.44. The van der Waals surface area contributed by atoms with E-state index in [1.807, 2.05) is 37.3 Å². The summed E-state index contributed by atoms with van der Waals surface area (Å²) in [6.07, 6.45) is 2.30. The highest BCUT2D eigenvalue weighted by molar-refractivity contribution is 7.18. The smallest absolute Gasteiger partial charge is 0.275 e. The molecule has 1 amide bonds. The molecule has 3 aromatic rings. The zero-order chi connectivity index (χ0) is 20.1. The van der Waals surface area contributed by atoms with E-state index in [1.54, 1.807) is 11.3 Å². The number of hydrogen-bond acceptors (Lipinski definition) is 4. The van der Waals surface area contributed by atoms with Crippen LogP contribution in [0.1, 0.15) is 29.3 Å². The Balaban J connectivity index is 1.23. The van der Waals surface area contributed by atoms with Gasteiger partial charge in [0, 0.05) is 0 Å². The fourth-order valence-corrected chi connectivity index (χ4v) is 5.04. The zero-order valence-electron chi connectivity index (χ0n) is 16.8. The zero-order valence-corrected chi connectivity index (χ0v) is 17.6. The maximum absolute atomic E-state index is 12.4. The lowest BCUT2D eigenvalue weighted by molar-refractivity contribution is -0.898. The molecule has 1 aliphatic heterocycles. The number of aryl methyl sites for hydroxylation is 1. The molecule has 152 valence electrons.